The topological polar surface area (TPSA) is 79.3 Å². The Balaban J connectivity index is 2.22. The Morgan fingerprint density at radius 2 is 1.86 bits per heavy atom. The number of anilines is 1. The van der Waals surface area contributed by atoms with E-state index < -0.39 is 15.9 Å². The van der Waals surface area contributed by atoms with Crippen LogP contribution in [0, 0.1) is 0 Å². The van der Waals surface area contributed by atoms with Crippen LogP contribution in [-0.2, 0) is 15.8 Å². The Morgan fingerprint density at radius 3 is 2.52 bits per heavy atom. The van der Waals surface area contributed by atoms with Crippen LogP contribution < -0.4 is 4.72 Å². The largest absolute Gasteiger partial charge is 0.492 e. The van der Waals surface area contributed by atoms with Gasteiger partial charge in [0.25, 0.3) is 0 Å². The summed E-state index contributed by atoms with van der Waals surface area (Å²) in [5.74, 6) is -0.798. The van der Waals surface area contributed by atoms with E-state index >= 15 is 0 Å². The zero-order chi connectivity index (χ0) is 15.6. The lowest BCUT2D eigenvalue weighted by Gasteiger charge is -2.09. The normalized spacial score (nSPS) is 11.4. The molecule has 2 N–H and O–H groups in total. The van der Waals surface area contributed by atoms with E-state index in [1.54, 1.807) is 6.07 Å². The summed E-state index contributed by atoms with van der Waals surface area (Å²) in [6.07, 6.45) is 1.20. The third-order valence-electron chi connectivity index (χ3n) is 2.44. The van der Waals surface area contributed by atoms with Gasteiger partial charge >= 0.3 is 0 Å². The van der Waals surface area contributed by atoms with E-state index in [0.29, 0.717) is 10.6 Å². The van der Waals surface area contributed by atoms with E-state index in [0.717, 1.165) is 0 Å². The maximum atomic E-state index is 12.1. The van der Waals surface area contributed by atoms with Crippen LogP contribution in [0.2, 0.25) is 15.1 Å². The van der Waals surface area contributed by atoms with Gasteiger partial charge in [0.2, 0.25) is 15.9 Å². The fraction of sp³-hybridized carbons (Fsp3) is 0.0833. The molecule has 0 bridgehead atoms. The molecule has 0 saturated heterocycles. The number of rotatable bonds is 4. The first-order chi connectivity index (χ1) is 9.77. The quantitative estimate of drug-likeness (QED) is 0.864. The Hall–Kier alpha value is -1.21. The minimum atomic E-state index is -3.77. The molecule has 0 spiro atoms. The summed E-state index contributed by atoms with van der Waals surface area (Å²) in [6, 6.07) is 5.77. The van der Waals surface area contributed by atoms with Gasteiger partial charge in [-0.25, -0.2) is 13.4 Å². The van der Waals surface area contributed by atoms with Gasteiger partial charge in [-0.2, -0.15) is 0 Å². The van der Waals surface area contributed by atoms with Crippen LogP contribution in [0.4, 0.5) is 5.69 Å². The Labute approximate surface area is 136 Å². The average molecular weight is 368 g/mol. The van der Waals surface area contributed by atoms with Crippen LogP contribution in [0.25, 0.3) is 0 Å². The summed E-state index contributed by atoms with van der Waals surface area (Å²) < 4.78 is 26.3. The number of halogens is 3. The lowest BCUT2D eigenvalue weighted by atomic mass is 10.2. The zero-order valence-corrected chi connectivity index (χ0v) is 13.4. The van der Waals surface area contributed by atoms with Gasteiger partial charge in [-0.3, -0.25) is 4.72 Å². The molecule has 0 aliphatic heterocycles. The molecule has 0 saturated carbocycles. The monoisotopic (exact) mass is 366 g/mol. The lowest BCUT2D eigenvalue weighted by molar-refractivity contribution is 0.456. The number of benzene rings is 1. The summed E-state index contributed by atoms with van der Waals surface area (Å²) in [6.45, 7) is 0. The van der Waals surface area contributed by atoms with Gasteiger partial charge in [0.15, 0.2) is 0 Å². The van der Waals surface area contributed by atoms with Gasteiger partial charge in [0.05, 0.1) is 20.8 Å². The molecule has 0 unspecified atom stereocenters. The van der Waals surface area contributed by atoms with E-state index in [9.17, 15) is 13.5 Å². The predicted molar refractivity (Wildman–Crippen MR) is 83.6 cm³/mol. The van der Waals surface area contributed by atoms with Crippen molar-refractivity contribution >= 4 is 50.5 Å². The zero-order valence-electron chi connectivity index (χ0n) is 10.3. The molecule has 0 amide bonds. The van der Waals surface area contributed by atoms with Crippen molar-refractivity contribution in [3.05, 3.63) is 51.1 Å². The van der Waals surface area contributed by atoms with E-state index in [4.69, 9.17) is 34.8 Å². The number of aromatic hydroxyl groups is 1. The maximum Gasteiger partial charge on any atom is 0.237 e. The van der Waals surface area contributed by atoms with Crippen LogP contribution in [0.15, 0.2) is 30.5 Å². The summed E-state index contributed by atoms with van der Waals surface area (Å²) >= 11 is 17.3. The van der Waals surface area contributed by atoms with Crippen LogP contribution in [0.5, 0.6) is 5.88 Å². The number of nitrogens with one attached hydrogen (secondary N) is 1. The lowest BCUT2D eigenvalue weighted by Crippen LogP contribution is -2.15. The highest BCUT2D eigenvalue weighted by Gasteiger charge is 2.15. The Bertz CT molecular complexity index is 781. The molecule has 0 fully saturated rings. The van der Waals surface area contributed by atoms with E-state index in [1.807, 2.05) is 0 Å². The molecule has 0 aliphatic rings. The van der Waals surface area contributed by atoms with Gasteiger partial charge in [-0.15, -0.1) is 0 Å². The molecule has 1 aromatic heterocycles. The number of pyridine rings is 1. The maximum absolute atomic E-state index is 12.1. The van der Waals surface area contributed by atoms with Crippen molar-refractivity contribution in [2.45, 2.75) is 5.75 Å². The molecule has 0 atom stereocenters. The van der Waals surface area contributed by atoms with Crippen molar-refractivity contribution in [2.75, 3.05) is 4.72 Å². The summed E-state index contributed by atoms with van der Waals surface area (Å²) in [4.78, 5) is 3.55. The van der Waals surface area contributed by atoms with Crippen molar-refractivity contribution in [2.24, 2.45) is 0 Å². The Morgan fingerprint density at radius 1 is 1.14 bits per heavy atom. The first kappa shape index (κ1) is 16.2. The highest BCUT2D eigenvalue weighted by Crippen LogP contribution is 2.27. The number of sulfonamides is 1. The van der Waals surface area contributed by atoms with Crippen molar-refractivity contribution < 1.29 is 13.5 Å². The fourth-order valence-electron chi connectivity index (χ4n) is 1.56. The van der Waals surface area contributed by atoms with Crippen LogP contribution in [0.3, 0.4) is 0 Å². The molecule has 21 heavy (non-hydrogen) atoms. The Kier molecular flexibility index (Phi) is 4.83. The second kappa shape index (κ2) is 6.27. The first-order valence-electron chi connectivity index (χ1n) is 5.56. The van der Waals surface area contributed by atoms with Gasteiger partial charge in [-0.1, -0.05) is 40.9 Å². The minimum absolute atomic E-state index is 0.0949. The second-order valence-electron chi connectivity index (χ2n) is 4.13. The summed E-state index contributed by atoms with van der Waals surface area (Å²) in [5.41, 5.74) is 0.355. The molecular formula is C12H9Cl3N2O3S. The van der Waals surface area contributed by atoms with E-state index in [-0.39, 0.29) is 21.5 Å². The summed E-state index contributed by atoms with van der Waals surface area (Å²) in [5, 5.41) is 10.3. The molecule has 112 valence electrons. The number of hydrogen-bond donors (Lipinski definition) is 2. The number of hydrogen-bond acceptors (Lipinski definition) is 4. The van der Waals surface area contributed by atoms with E-state index in [2.05, 4.69) is 9.71 Å². The highest BCUT2D eigenvalue weighted by atomic mass is 35.5. The first-order valence-corrected chi connectivity index (χ1v) is 8.34. The van der Waals surface area contributed by atoms with Gasteiger partial charge in [0, 0.05) is 6.20 Å². The molecule has 2 rings (SSSR count). The fourth-order valence-corrected chi connectivity index (χ4v) is 3.21. The van der Waals surface area contributed by atoms with Gasteiger partial charge in [-0.05, 0) is 23.8 Å². The average Bonchev–Trinajstić information content (AvgIpc) is 2.37. The van der Waals surface area contributed by atoms with Crippen molar-refractivity contribution in [3.63, 3.8) is 0 Å². The van der Waals surface area contributed by atoms with Gasteiger partial charge in [0.1, 0.15) is 5.69 Å². The third-order valence-corrected chi connectivity index (χ3v) is 4.63. The molecule has 5 nitrogen and oxygen atoms in total. The van der Waals surface area contributed by atoms with Crippen LogP contribution >= 0.6 is 34.8 Å². The molecule has 1 aromatic carbocycles. The van der Waals surface area contributed by atoms with Crippen molar-refractivity contribution in [1.82, 2.24) is 4.98 Å². The minimum Gasteiger partial charge on any atom is -0.492 e. The standard InChI is InChI=1S/C12H9Cl3N2O3S/c13-8-4-11(12(18)16-5-8)17-21(19,20)6-7-1-2-9(14)10(15)3-7/h1-5,17H,6H2,(H,16,18). The van der Waals surface area contributed by atoms with Crippen LogP contribution in [0.1, 0.15) is 5.56 Å². The molecule has 0 aliphatic carbocycles. The number of aromatic nitrogens is 1. The smallest absolute Gasteiger partial charge is 0.237 e. The highest BCUT2D eigenvalue weighted by molar-refractivity contribution is 7.91. The molecular weight excluding hydrogens is 359 g/mol. The SMILES string of the molecule is O=S(=O)(Cc1ccc(Cl)c(Cl)c1)Nc1cc(Cl)cnc1O. The molecule has 9 heteroatoms. The third kappa shape index (κ3) is 4.38. The second-order valence-corrected chi connectivity index (χ2v) is 7.11. The predicted octanol–water partition coefficient (Wildman–Crippen LogP) is 3.69. The molecule has 2 aromatic rings. The van der Waals surface area contributed by atoms with Crippen molar-refractivity contribution in [3.8, 4) is 5.88 Å². The number of nitrogens with zero attached hydrogens (tertiary/aromatic N) is 1. The van der Waals surface area contributed by atoms with Crippen LogP contribution in [-0.4, -0.2) is 18.5 Å². The molecule has 1 heterocycles. The molecule has 0 radical (unpaired) electrons. The van der Waals surface area contributed by atoms with Crippen molar-refractivity contribution in [1.29, 1.82) is 0 Å². The van der Waals surface area contributed by atoms with Gasteiger partial charge < -0.3 is 5.11 Å². The van der Waals surface area contributed by atoms with E-state index in [1.165, 1.54) is 24.4 Å². The summed E-state index contributed by atoms with van der Waals surface area (Å²) in [7, 11) is -3.77.